The van der Waals surface area contributed by atoms with Gasteiger partial charge in [-0.15, -0.1) is 0 Å². The summed E-state index contributed by atoms with van der Waals surface area (Å²) >= 11 is 0. The molecule has 0 aromatic heterocycles. The fourth-order valence-electron chi connectivity index (χ4n) is 16.6. The Kier molecular flexibility index (Phi) is 16.7. The Morgan fingerprint density at radius 3 is 1.85 bits per heavy atom. The molecule has 23 heteroatoms. The van der Waals surface area contributed by atoms with E-state index in [1.165, 1.54) is 0 Å². The number of rotatable bonds is 14. The summed E-state index contributed by atoms with van der Waals surface area (Å²) in [5, 5.41) is 121. The lowest BCUT2D eigenvalue weighted by molar-refractivity contribution is -0.386. The van der Waals surface area contributed by atoms with E-state index in [2.05, 4.69) is 40.7 Å². The van der Waals surface area contributed by atoms with Crippen molar-refractivity contribution in [2.45, 2.75) is 243 Å². The quantitative estimate of drug-likeness (QED) is 0.0371. The smallest absolute Gasteiger partial charge is 0.341 e. The molecule has 8 fully saturated rings. The molecule has 9 rings (SSSR count). The van der Waals surface area contributed by atoms with Gasteiger partial charge in [-0.3, -0.25) is 0 Å². The zero-order chi connectivity index (χ0) is 58.9. The van der Waals surface area contributed by atoms with Gasteiger partial charge in [-0.2, -0.15) is 0 Å². The van der Waals surface area contributed by atoms with E-state index in [9.17, 15) is 70.6 Å². The number of aliphatic hydroxyl groups excluding tert-OH is 10. The second-order valence-electron chi connectivity index (χ2n) is 26.9. The SMILES string of the molecule is C/C=C(/C)C(=O)O[C@H]1[C@H](OC(=O)[C@@]2(C)O[C@@H]2C)C(C)(C)C[C@H]2C3=CC[C@@H]4[C@@]5(C)CC[C@H](O[C@@H]6O[C@H](C(=O)O)[C@@H](O)[C@H](O[C@@H]7O[C@@H](CO)[C@@H](O)[C@H]7O)[C@H]6O[C@@H]6O[C@H](CO)[C@@H](O)[C@H](O)[C@H]6O)C(C)(C)[C@@H]5CC[C@@]4(C)[C@]3(C)C[C@@H](O)[C@]21CO. The first-order valence-corrected chi connectivity index (χ1v) is 28.5. The predicted octanol–water partition coefficient (Wildman–Crippen LogP) is 0.503. The summed E-state index contributed by atoms with van der Waals surface area (Å²) in [7, 11) is 0. The van der Waals surface area contributed by atoms with Crippen LogP contribution in [0.2, 0.25) is 0 Å². The van der Waals surface area contributed by atoms with Gasteiger partial charge in [0, 0.05) is 11.0 Å². The molecular weight excluding hydrogens is 1050 g/mol. The maximum absolute atomic E-state index is 13.9. The third kappa shape index (κ3) is 9.46. The second kappa shape index (κ2) is 21.6. The van der Waals surface area contributed by atoms with Crippen molar-refractivity contribution in [3.8, 4) is 0 Å². The van der Waals surface area contributed by atoms with Gasteiger partial charge in [-0.25, -0.2) is 14.4 Å². The van der Waals surface area contributed by atoms with Crippen LogP contribution in [0.5, 0.6) is 0 Å². The summed E-state index contributed by atoms with van der Waals surface area (Å²) in [6, 6.07) is 0. The van der Waals surface area contributed by atoms with Gasteiger partial charge in [0.1, 0.15) is 67.1 Å². The van der Waals surface area contributed by atoms with Crippen LogP contribution >= 0.6 is 0 Å². The van der Waals surface area contributed by atoms with Crippen LogP contribution in [0.25, 0.3) is 0 Å². The third-order valence-corrected chi connectivity index (χ3v) is 22.0. The molecule has 454 valence electrons. The largest absolute Gasteiger partial charge is 0.479 e. The van der Waals surface area contributed by atoms with Crippen molar-refractivity contribution < 1.29 is 113 Å². The van der Waals surface area contributed by atoms with Gasteiger partial charge in [0.05, 0.1) is 43.5 Å². The van der Waals surface area contributed by atoms with E-state index in [0.29, 0.717) is 44.1 Å². The number of esters is 2. The summed E-state index contributed by atoms with van der Waals surface area (Å²) in [6.07, 6.45) is -22.4. The van der Waals surface area contributed by atoms with E-state index < -0.39 is 198 Å². The van der Waals surface area contributed by atoms with Crippen molar-refractivity contribution >= 4 is 17.9 Å². The van der Waals surface area contributed by atoms with Gasteiger partial charge in [0.25, 0.3) is 0 Å². The van der Waals surface area contributed by atoms with Crippen LogP contribution in [0.3, 0.4) is 0 Å². The maximum Gasteiger partial charge on any atom is 0.341 e. The highest BCUT2D eigenvalue weighted by Gasteiger charge is 2.74. The van der Waals surface area contributed by atoms with Crippen LogP contribution in [0.1, 0.15) is 121 Å². The van der Waals surface area contributed by atoms with Crippen LogP contribution in [0.4, 0.5) is 0 Å². The first kappa shape index (κ1) is 61.8. The molecule has 0 bridgehead atoms. The number of hydrogen-bond donors (Lipinski definition) is 11. The Bertz CT molecular complexity index is 2400. The van der Waals surface area contributed by atoms with Gasteiger partial charge < -0.3 is 98.8 Å². The average molecular weight is 1140 g/mol. The summed E-state index contributed by atoms with van der Waals surface area (Å²) in [5.74, 6) is -3.47. The van der Waals surface area contributed by atoms with Crippen molar-refractivity contribution in [3.63, 3.8) is 0 Å². The van der Waals surface area contributed by atoms with Gasteiger partial charge in [0.2, 0.25) is 0 Å². The van der Waals surface area contributed by atoms with Crippen molar-refractivity contribution in [1.82, 2.24) is 0 Å². The maximum atomic E-state index is 13.9. The Labute approximate surface area is 466 Å². The van der Waals surface area contributed by atoms with E-state index in [4.69, 9.17) is 42.6 Å². The number of aliphatic hydroxyl groups is 10. The van der Waals surface area contributed by atoms with Crippen LogP contribution < -0.4 is 0 Å². The highest BCUT2D eigenvalue weighted by atomic mass is 16.8. The number of carboxylic acid groups (broad SMARTS) is 1. The van der Waals surface area contributed by atoms with Crippen molar-refractivity contribution in [2.24, 2.45) is 50.2 Å². The molecule has 0 aromatic carbocycles. The average Bonchev–Trinajstić information content (AvgIpc) is 4.08. The van der Waals surface area contributed by atoms with Crippen molar-refractivity contribution in [3.05, 3.63) is 23.3 Å². The second-order valence-corrected chi connectivity index (χ2v) is 26.9. The summed E-state index contributed by atoms with van der Waals surface area (Å²) in [6.45, 7) is 19.4. The minimum absolute atomic E-state index is 0.0163. The Morgan fingerprint density at radius 2 is 1.29 bits per heavy atom. The Balaban J connectivity index is 1.03. The molecule has 4 saturated carbocycles. The Morgan fingerprint density at radius 1 is 0.700 bits per heavy atom. The molecule has 0 amide bonds. The van der Waals surface area contributed by atoms with E-state index >= 15 is 0 Å². The minimum atomic E-state index is -2.11. The summed E-state index contributed by atoms with van der Waals surface area (Å²) < 4.78 is 55.0. The lowest BCUT2D eigenvalue weighted by Crippen LogP contribution is -2.72. The normalized spacial score (nSPS) is 51.4. The highest BCUT2D eigenvalue weighted by molar-refractivity contribution is 5.88. The van der Waals surface area contributed by atoms with Crippen LogP contribution in [-0.4, -0.2) is 216 Å². The van der Waals surface area contributed by atoms with E-state index in [-0.39, 0.29) is 18.3 Å². The standard InChI is InChI=1S/C57H88O23/c1-12-24(2)46(70)78-44-43(79-50(71)56(11)25(3)80-56)51(4,5)19-27-26-13-14-31-53(8)17-16-33(52(6,7)30(53)15-18-54(31,9)55(26,10)20-32(61)57(27,44)23-60)74-49-42(77-48-38(66)36(64)34(62)28(21-58)72-48)40(39(67)41(76-49)45(68)69)75-47-37(65)35(63)29(22-59)73-47/h12-13,25,27-44,47-49,58-67H,14-23H2,1-11H3,(H,68,69)/b24-12-/t25-,27+,28-,29+,30+,31-,32-,33+,34-,35-,36+,37-,38-,39+,40+,41+,42-,43+,44+,47+,48+,49-,53+,54-,55-,56+,57+/m1/s1. The molecule has 5 aliphatic carbocycles. The molecule has 4 heterocycles. The molecule has 0 unspecified atom stereocenters. The van der Waals surface area contributed by atoms with E-state index in [0.717, 1.165) is 5.57 Å². The number of fused-ring (bicyclic) bond motifs is 7. The van der Waals surface area contributed by atoms with Crippen LogP contribution in [0, 0.1) is 50.2 Å². The predicted molar refractivity (Wildman–Crippen MR) is 275 cm³/mol. The molecule has 80 heavy (non-hydrogen) atoms. The van der Waals surface area contributed by atoms with Crippen molar-refractivity contribution in [1.29, 1.82) is 0 Å². The van der Waals surface area contributed by atoms with Gasteiger partial charge in [-0.05, 0) is 112 Å². The first-order valence-electron chi connectivity index (χ1n) is 28.5. The lowest BCUT2D eigenvalue weighted by atomic mass is 9.33. The fraction of sp³-hybridized carbons (Fsp3) is 0.877. The molecule has 11 N–H and O–H groups in total. The number of hydrogen-bond acceptors (Lipinski definition) is 22. The molecule has 4 aliphatic heterocycles. The molecule has 23 nitrogen and oxygen atoms in total. The lowest BCUT2D eigenvalue weighted by Gasteiger charge is -2.72. The zero-order valence-corrected chi connectivity index (χ0v) is 47.7. The van der Waals surface area contributed by atoms with E-state index in [1.54, 1.807) is 33.8 Å². The Hall–Kier alpha value is -2.79. The van der Waals surface area contributed by atoms with Gasteiger partial charge in [-0.1, -0.05) is 66.2 Å². The van der Waals surface area contributed by atoms with Crippen LogP contribution in [-0.2, 0) is 57.0 Å². The number of allylic oxidation sites excluding steroid dienone is 3. The molecule has 27 atom stereocenters. The number of ether oxygens (including phenoxy) is 9. The van der Waals surface area contributed by atoms with Crippen molar-refractivity contribution in [2.75, 3.05) is 19.8 Å². The molecule has 4 saturated heterocycles. The molecule has 0 spiro atoms. The van der Waals surface area contributed by atoms with E-state index in [1.807, 2.05) is 13.8 Å². The number of aliphatic carboxylic acids is 1. The minimum Gasteiger partial charge on any atom is -0.479 e. The number of epoxide rings is 1. The number of carbonyl (C=O) groups excluding carboxylic acids is 2. The highest BCUT2D eigenvalue weighted by Crippen LogP contribution is 2.76. The third-order valence-electron chi connectivity index (χ3n) is 22.0. The fourth-order valence-corrected chi connectivity index (χ4v) is 16.6. The first-order chi connectivity index (χ1) is 37.3. The monoisotopic (exact) mass is 1140 g/mol. The number of carboxylic acids is 1. The molecule has 0 radical (unpaired) electrons. The zero-order valence-electron chi connectivity index (χ0n) is 47.7. The van der Waals surface area contributed by atoms with Crippen LogP contribution in [0.15, 0.2) is 23.3 Å². The summed E-state index contributed by atoms with van der Waals surface area (Å²) in [4.78, 5) is 40.7. The molecule has 9 aliphatic rings. The topological polar surface area (TPSA) is 360 Å². The van der Waals surface area contributed by atoms with Gasteiger partial charge in [0.15, 0.2) is 36.7 Å². The number of carbonyl (C=O) groups is 3. The summed E-state index contributed by atoms with van der Waals surface area (Å²) in [5.41, 5.74) is -4.36. The van der Waals surface area contributed by atoms with Gasteiger partial charge >= 0.3 is 17.9 Å². The molecule has 0 aromatic rings. The molecular formula is C57H88O23.